The summed E-state index contributed by atoms with van der Waals surface area (Å²) >= 11 is 0. The van der Waals surface area contributed by atoms with Crippen molar-refractivity contribution in [2.75, 3.05) is 36.4 Å². The fourth-order valence-electron chi connectivity index (χ4n) is 3.28. The number of piperazine rings is 1. The number of carbonyl (C=O) groups is 1. The van der Waals surface area contributed by atoms with E-state index in [9.17, 15) is 4.79 Å². The summed E-state index contributed by atoms with van der Waals surface area (Å²) in [5.74, 6) is 1.21. The van der Waals surface area contributed by atoms with Crippen LogP contribution in [0.15, 0.2) is 49.1 Å². The largest absolute Gasteiger partial charge is 0.340 e. The third-order valence-corrected chi connectivity index (χ3v) is 4.94. The molecule has 1 saturated heterocycles. The Morgan fingerprint density at radius 3 is 2.48 bits per heavy atom. The summed E-state index contributed by atoms with van der Waals surface area (Å²) in [6.45, 7) is 6.65. The molecule has 1 aromatic carbocycles. The van der Waals surface area contributed by atoms with Crippen LogP contribution in [0.3, 0.4) is 0 Å². The normalized spacial score (nSPS) is 14.0. The summed E-state index contributed by atoms with van der Waals surface area (Å²) in [7, 11) is 0. The lowest BCUT2D eigenvalue weighted by atomic mass is 10.1. The highest BCUT2D eigenvalue weighted by Crippen LogP contribution is 2.21. The second-order valence-electron chi connectivity index (χ2n) is 7.06. The van der Waals surface area contributed by atoms with Gasteiger partial charge >= 0.3 is 0 Å². The summed E-state index contributed by atoms with van der Waals surface area (Å²) in [6.07, 6.45) is 4.88. The minimum atomic E-state index is -0.0926. The number of nitrogens with zero attached hydrogens (tertiary/aromatic N) is 6. The molecule has 0 atom stereocenters. The van der Waals surface area contributed by atoms with Crippen LogP contribution < -0.4 is 10.2 Å². The molecule has 2 aromatic heterocycles. The van der Waals surface area contributed by atoms with Gasteiger partial charge in [0.1, 0.15) is 17.8 Å². The van der Waals surface area contributed by atoms with Crippen LogP contribution in [-0.2, 0) is 0 Å². The molecule has 1 aliphatic heterocycles. The van der Waals surface area contributed by atoms with Gasteiger partial charge in [-0.2, -0.15) is 0 Å². The Balaban J connectivity index is 1.43. The highest BCUT2D eigenvalue weighted by atomic mass is 16.2. The zero-order valence-electron chi connectivity index (χ0n) is 16.5. The average Bonchev–Trinajstić information content (AvgIpc) is 2.77. The maximum atomic E-state index is 12.9. The number of rotatable bonds is 4. The molecular formula is C21H23N7O. The second-order valence-corrected chi connectivity index (χ2v) is 7.06. The number of carbonyl (C=O) groups excluding carboxylic acids is 1. The van der Waals surface area contributed by atoms with Gasteiger partial charge in [-0.1, -0.05) is 12.1 Å². The highest BCUT2D eigenvalue weighted by molar-refractivity contribution is 5.93. The number of nitrogens with one attached hydrogen (secondary N) is 1. The first-order valence-corrected chi connectivity index (χ1v) is 9.58. The third-order valence-electron chi connectivity index (χ3n) is 4.94. The molecule has 4 rings (SSSR count). The Labute approximate surface area is 169 Å². The summed E-state index contributed by atoms with van der Waals surface area (Å²) in [5, 5.41) is 3.29. The molecule has 1 aliphatic rings. The van der Waals surface area contributed by atoms with Crippen LogP contribution in [0.4, 0.5) is 17.5 Å². The molecule has 1 fully saturated rings. The zero-order chi connectivity index (χ0) is 20.2. The topological polar surface area (TPSA) is 87.1 Å². The summed E-state index contributed by atoms with van der Waals surface area (Å²) in [6, 6.07) is 9.68. The van der Waals surface area contributed by atoms with Gasteiger partial charge in [0, 0.05) is 50.3 Å². The van der Waals surface area contributed by atoms with Crippen molar-refractivity contribution in [3.63, 3.8) is 0 Å². The highest BCUT2D eigenvalue weighted by Gasteiger charge is 2.24. The van der Waals surface area contributed by atoms with Gasteiger partial charge in [0.05, 0.1) is 0 Å². The number of benzene rings is 1. The van der Waals surface area contributed by atoms with Crippen molar-refractivity contribution < 1.29 is 4.79 Å². The smallest absolute Gasteiger partial charge is 0.272 e. The first-order chi connectivity index (χ1) is 14.1. The van der Waals surface area contributed by atoms with Gasteiger partial charge in [-0.25, -0.2) is 19.9 Å². The van der Waals surface area contributed by atoms with Gasteiger partial charge in [0.2, 0.25) is 5.95 Å². The van der Waals surface area contributed by atoms with Gasteiger partial charge < -0.3 is 15.1 Å². The van der Waals surface area contributed by atoms with E-state index >= 15 is 0 Å². The molecule has 148 valence electrons. The third kappa shape index (κ3) is 4.31. The molecule has 0 spiro atoms. The number of hydrogen-bond donors (Lipinski definition) is 1. The van der Waals surface area contributed by atoms with Crippen LogP contribution in [0.1, 0.15) is 21.6 Å². The van der Waals surface area contributed by atoms with Crippen molar-refractivity contribution in [1.29, 1.82) is 0 Å². The summed E-state index contributed by atoms with van der Waals surface area (Å²) in [4.78, 5) is 33.8. The monoisotopic (exact) mass is 389 g/mol. The molecule has 0 unspecified atom stereocenters. The van der Waals surface area contributed by atoms with Crippen LogP contribution in [0, 0.1) is 13.8 Å². The van der Waals surface area contributed by atoms with Crippen LogP contribution in [0.25, 0.3) is 0 Å². The number of aromatic nitrogens is 4. The lowest BCUT2D eigenvalue weighted by Gasteiger charge is -2.34. The van der Waals surface area contributed by atoms with Gasteiger partial charge in [0.15, 0.2) is 0 Å². The first kappa shape index (κ1) is 18.8. The van der Waals surface area contributed by atoms with Gasteiger partial charge in [0.25, 0.3) is 5.91 Å². The van der Waals surface area contributed by atoms with E-state index in [-0.39, 0.29) is 5.91 Å². The van der Waals surface area contributed by atoms with Crippen molar-refractivity contribution in [3.05, 3.63) is 65.9 Å². The average molecular weight is 389 g/mol. The van der Waals surface area contributed by atoms with Crippen molar-refractivity contribution in [1.82, 2.24) is 24.8 Å². The molecule has 3 aromatic rings. The SMILES string of the molecule is Cc1ccc(C)c(Nc2cc(C(=O)N3CCN(c4ncccn4)CC3)ncn2)c1. The van der Waals surface area contributed by atoms with Crippen LogP contribution in [0.2, 0.25) is 0 Å². The number of amides is 1. The Hall–Kier alpha value is -3.55. The molecule has 3 heterocycles. The summed E-state index contributed by atoms with van der Waals surface area (Å²) in [5.41, 5.74) is 3.63. The minimum absolute atomic E-state index is 0.0926. The molecule has 8 nitrogen and oxygen atoms in total. The van der Waals surface area contributed by atoms with Crippen molar-refractivity contribution in [3.8, 4) is 0 Å². The van der Waals surface area contributed by atoms with Crippen molar-refractivity contribution in [2.24, 2.45) is 0 Å². The van der Waals surface area contributed by atoms with E-state index in [4.69, 9.17) is 0 Å². The molecule has 0 saturated carbocycles. The first-order valence-electron chi connectivity index (χ1n) is 9.58. The fourth-order valence-corrected chi connectivity index (χ4v) is 3.28. The predicted molar refractivity (Wildman–Crippen MR) is 111 cm³/mol. The molecular weight excluding hydrogens is 366 g/mol. The lowest BCUT2D eigenvalue weighted by molar-refractivity contribution is 0.0740. The fraction of sp³-hybridized carbons (Fsp3) is 0.286. The van der Waals surface area contributed by atoms with E-state index in [1.54, 1.807) is 24.5 Å². The van der Waals surface area contributed by atoms with E-state index in [1.165, 1.54) is 6.33 Å². The standard InChI is InChI=1S/C21H23N7O/c1-15-4-5-16(2)17(12-15)26-19-13-18(24-14-25-19)20(29)27-8-10-28(11-9-27)21-22-6-3-7-23-21/h3-7,12-14H,8-11H2,1-2H3,(H,24,25,26). The maximum absolute atomic E-state index is 12.9. The minimum Gasteiger partial charge on any atom is -0.340 e. The molecule has 8 heteroatoms. The Morgan fingerprint density at radius 1 is 0.966 bits per heavy atom. The second kappa shape index (κ2) is 8.22. The molecule has 0 aliphatic carbocycles. The molecule has 1 amide bonds. The number of anilines is 3. The molecule has 1 N–H and O–H groups in total. The quantitative estimate of drug-likeness (QED) is 0.734. The number of aryl methyl sites for hydroxylation is 2. The zero-order valence-corrected chi connectivity index (χ0v) is 16.5. The molecule has 29 heavy (non-hydrogen) atoms. The molecule has 0 bridgehead atoms. The van der Waals surface area contributed by atoms with E-state index < -0.39 is 0 Å². The number of hydrogen-bond acceptors (Lipinski definition) is 7. The van der Waals surface area contributed by atoms with E-state index in [2.05, 4.69) is 48.4 Å². The maximum Gasteiger partial charge on any atom is 0.272 e. The Kier molecular flexibility index (Phi) is 5.33. The molecule has 0 radical (unpaired) electrons. The van der Waals surface area contributed by atoms with Crippen LogP contribution in [-0.4, -0.2) is 56.9 Å². The van der Waals surface area contributed by atoms with Crippen molar-refractivity contribution >= 4 is 23.4 Å². The van der Waals surface area contributed by atoms with Crippen molar-refractivity contribution in [2.45, 2.75) is 13.8 Å². The Bertz CT molecular complexity index is 1000. The van der Waals surface area contributed by atoms with Gasteiger partial charge in [-0.3, -0.25) is 4.79 Å². The van der Waals surface area contributed by atoms with E-state index in [0.717, 1.165) is 16.8 Å². The van der Waals surface area contributed by atoms with E-state index in [1.807, 2.05) is 18.7 Å². The lowest BCUT2D eigenvalue weighted by Crippen LogP contribution is -2.49. The van der Waals surface area contributed by atoms with Gasteiger partial charge in [-0.15, -0.1) is 0 Å². The summed E-state index contributed by atoms with van der Waals surface area (Å²) < 4.78 is 0. The Morgan fingerprint density at radius 2 is 1.72 bits per heavy atom. The van der Waals surface area contributed by atoms with E-state index in [0.29, 0.717) is 43.6 Å². The van der Waals surface area contributed by atoms with Gasteiger partial charge in [-0.05, 0) is 37.1 Å². The predicted octanol–water partition coefficient (Wildman–Crippen LogP) is 2.59. The van der Waals surface area contributed by atoms with Crippen LogP contribution >= 0.6 is 0 Å². The van der Waals surface area contributed by atoms with Crippen LogP contribution in [0.5, 0.6) is 0 Å².